The number of halogens is 1. The average Bonchev–Trinajstić information content (AvgIpc) is 2.40. The first-order chi connectivity index (χ1) is 9.79. The van der Waals surface area contributed by atoms with E-state index in [-0.39, 0.29) is 25.6 Å². The molecule has 2 rings (SSSR count). The van der Waals surface area contributed by atoms with Crippen LogP contribution in [0.15, 0.2) is 23.1 Å². The molecule has 116 valence electrons. The predicted octanol–water partition coefficient (Wildman–Crippen LogP) is 0.270. The summed E-state index contributed by atoms with van der Waals surface area (Å²) in [6.45, 7) is 1.86. The maximum absolute atomic E-state index is 13.7. The minimum Gasteiger partial charge on any atom is -0.365 e. The molecule has 1 atom stereocenters. The van der Waals surface area contributed by atoms with Crippen LogP contribution in [0.5, 0.6) is 0 Å². The van der Waals surface area contributed by atoms with E-state index >= 15 is 0 Å². The minimum absolute atomic E-state index is 0.0206. The van der Waals surface area contributed by atoms with Crippen molar-refractivity contribution in [2.24, 2.45) is 0 Å². The van der Waals surface area contributed by atoms with Gasteiger partial charge in [0, 0.05) is 20.1 Å². The lowest BCUT2D eigenvalue weighted by Crippen LogP contribution is -2.48. The number of likely N-dealkylation sites (N-methyl/N-ethyl adjacent to an activating group) is 1. The minimum atomic E-state index is -3.95. The summed E-state index contributed by atoms with van der Waals surface area (Å²) < 4.78 is 45.4. The van der Waals surface area contributed by atoms with Crippen LogP contribution in [0.4, 0.5) is 4.39 Å². The zero-order valence-corrected chi connectivity index (χ0v) is 12.6. The molecule has 0 aromatic heterocycles. The third-order valence-corrected chi connectivity index (χ3v) is 4.68. The first-order valence-corrected chi connectivity index (χ1v) is 7.89. The van der Waals surface area contributed by atoms with Gasteiger partial charge in [0.1, 0.15) is 17.3 Å². The van der Waals surface area contributed by atoms with Gasteiger partial charge in [-0.1, -0.05) is 6.07 Å². The first-order valence-electron chi connectivity index (χ1n) is 6.41. The molecule has 1 saturated heterocycles. The Morgan fingerprint density at radius 1 is 1.48 bits per heavy atom. The number of morpholine rings is 1. The molecule has 8 heteroatoms. The van der Waals surface area contributed by atoms with Crippen LogP contribution in [0.25, 0.3) is 0 Å². The van der Waals surface area contributed by atoms with Crippen LogP contribution in [-0.4, -0.2) is 52.1 Å². The Morgan fingerprint density at radius 2 is 2.19 bits per heavy atom. The number of nitrogens with zero attached hydrogens (tertiary/aromatic N) is 1. The van der Waals surface area contributed by atoms with E-state index in [2.05, 4.69) is 4.72 Å². The normalized spacial score (nSPS) is 19.9. The van der Waals surface area contributed by atoms with E-state index in [1.54, 1.807) is 14.0 Å². The topological polar surface area (TPSA) is 75.7 Å². The first kappa shape index (κ1) is 15.9. The summed E-state index contributed by atoms with van der Waals surface area (Å²) in [7, 11) is -2.33. The zero-order valence-electron chi connectivity index (χ0n) is 11.8. The molecule has 1 amide bonds. The lowest BCUT2D eigenvalue weighted by Gasteiger charge is -2.29. The van der Waals surface area contributed by atoms with E-state index in [1.165, 1.54) is 17.0 Å². The maximum atomic E-state index is 13.7. The molecule has 0 spiro atoms. The second-order valence-corrected chi connectivity index (χ2v) is 6.73. The van der Waals surface area contributed by atoms with Gasteiger partial charge in [-0.15, -0.1) is 0 Å². The van der Waals surface area contributed by atoms with Gasteiger partial charge in [0.05, 0.1) is 6.10 Å². The molecule has 6 nitrogen and oxygen atoms in total. The smallest absolute Gasteiger partial charge is 0.248 e. The molecule has 21 heavy (non-hydrogen) atoms. The van der Waals surface area contributed by atoms with Gasteiger partial charge in [0.15, 0.2) is 0 Å². The zero-order chi connectivity index (χ0) is 15.6. The van der Waals surface area contributed by atoms with Crippen molar-refractivity contribution in [2.45, 2.75) is 17.9 Å². The molecule has 0 saturated carbocycles. The maximum Gasteiger partial charge on any atom is 0.248 e. The fourth-order valence-electron chi connectivity index (χ4n) is 1.99. The third-order valence-electron chi connectivity index (χ3n) is 3.22. The summed E-state index contributed by atoms with van der Waals surface area (Å²) in [5.74, 6) is -0.946. The highest BCUT2D eigenvalue weighted by atomic mass is 32.2. The van der Waals surface area contributed by atoms with E-state index in [9.17, 15) is 17.6 Å². The van der Waals surface area contributed by atoms with Crippen molar-refractivity contribution >= 4 is 15.9 Å². The number of ether oxygens (including phenoxy) is 1. The van der Waals surface area contributed by atoms with E-state index < -0.39 is 26.8 Å². The van der Waals surface area contributed by atoms with E-state index in [0.29, 0.717) is 5.56 Å². The highest BCUT2D eigenvalue weighted by Crippen LogP contribution is 2.15. The SMILES string of the molecule is Cc1ccc(S(=O)(=O)NCC2CN(C)C(=O)CO2)c(F)c1. The number of nitrogens with one attached hydrogen (secondary N) is 1. The van der Waals surface area contributed by atoms with Crippen LogP contribution in [0, 0.1) is 12.7 Å². The Bertz CT molecular complexity index is 648. The van der Waals surface area contributed by atoms with Crippen molar-refractivity contribution in [2.75, 3.05) is 26.7 Å². The Hall–Kier alpha value is -1.51. The molecule has 1 heterocycles. The van der Waals surface area contributed by atoms with Gasteiger partial charge in [0.2, 0.25) is 15.9 Å². The van der Waals surface area contributed by atoms with E-state index in [4.69, 9.17) is 4.74 Å². The molecule has 0 bridgehead atoms. The van der Waals surface area contributed by atoms with Gasteiger partial charge in [-0.05, 0) is 24.6 Å². The molecule has 1 aliphatic rings. The summed E-state index contributed by atoms with van der Waals surface area (Å²) in [5, 5.41) is 0. The number of sulfonamides is 1. The van der Waals surface area contributed by atoms with Gasteiger partial charge in [-0.25, -0.2) is 17.5 Å². The fraction of sp³-hybridized carbons (Fsp3) is 0.462. The lowest BCUT2D eigenvalue weighted by molar-refractivity contribution is -0.146. The highest BCUT2D eigenvalue weighted by molar-refractivity contribution is 7.89. The van der Waals surface area contributed by atoms with Crippen molar-refractivity contribution < 1.29 is 22.3 Å². The van der Waals surface area contributed by atoms with Gasteiger partial charge in [-0.2, -0.15) is 0 Å². The summed E-state index contributed by atoms with van der Waals surface area (Å²) in [5.41, 5.74) is 0.641. The second-order valence-electron chi connectivity index (χ2n) is 4.99. The monoisotopic (exact) mass is 316 g/mol. The van der Waals surface area contributed by atoms with Crippen molar-refractivity contribution in [3.05, 3.63) is 29.6 Å². The van der Waals surface area contributed by atoms with Crippen molar-refractivity contribution in [3.8, 4) is 0 Å². The molecule has 1 aliphatic heterocycles. The number of hydrogen-bond donors (Lipinski definition) is 1. The average molecular weight is 316 g/mol. The number of amides is 1. The molecule has 1 N–H and O–H groups in total. The molecule has 0 aliphatic carbocycles. The van der Waals surface area contributed by atoms with Crippen LogP contribution in [0.3, 0.4) is 0 Å². The molecule has 0 radical (unpaired) electrons. The summed E-state index contributed by atoms with van der Waals surface area (Å²) in [6, 6.07) is 3.92. The van der Waals surface area contributed by atoms with Gasteiger partial charge in [-0.3, -0.25) is 4.79 Å². The van der Waals surface area contributed by atoms with Gasteiger partial charge >= 0.3 is 0 Å². The third kappa shape index (κ3) is 3.78. The van der Waals surface area contributed by atoms with Crippen molar-refractivity contribution in [1.29, 1.82) is 0 Å². The number of carbonyl (C=O) groups is 1. The lowest BCUT2D eigenvalue weighted by atomic mass is 10.2. The summed E-state index contributed by atoms with van der Waals surface area (Å²) in [4.78, 5) is 12.3. The number of benzene rings is 1. The second kappa shape index (κ2) is 6.08. The molecule has 1 aromatic carbocycles. The van der Waals surface area contributed by atoms with Crippen LogP contribution in [0.2, 0.25) is 0 Å². The van der Waals surface area contributed by atoms with Crippen LogP contribution >= 0.6 is 0 Å². The number of hydrogen-bond acceptors (Lipinski definition) is 4. The Balaban J connectivity index is 2.03. The quantitative estimate of drug-likeness (QED) is 0.865. The summed E-state index contributed by atoms with van der Waals surface area (Å²) in [6.07, 6.45) is -0.448. The molecule has 1 unspecified atom stereocenters. The summed E-state index contributed by atoms with van der Waals surface area (Å²) >= 11 is 0. The fourth-order valence-corrected chi connectivity index (χ4v) is 3.11. The largest absolute Gasteiger partial charge is 0.365 e. The molecular formula is C13H17FN2O4S. The van der Waals surface area contributed by atoms with Gasteiger partial charge in [0.25, 0.3) is 0 Å². The van der Waals surface area contributed by atoms with Gasteiger partial charge < -0.3 is 9.64 Å². The van der Waals surface area contributed by atoms with Crippen molar-refractivity contribution in [3.63, 3.8) is 0 Å². The standard InChI is InChI=1S/C13H17FN2O4S/c1-9-3-4-12(11(14)5-9)21(18,19)15-6-10-7-16(2)13(17)8-20-10/h3-5,10,15H,6-8H2,1-2H3. The Labute approximate surface area is 122 Å². The highest BCUT2D eigenvalue weighted by Gasteiger charge is 2.26. The van der Waals surface area contributed by atoms with Crippen LogP contribution in [-0.2, 0) is 19.6 Å². The van der Waals surface area contributed by atoms with E-state index in [1.807, 2.05) is 0 Å². The Kier molecular flexibility index (Phi) is 4.60. The number of aryl methyl sites for hydroxylation is 1. The Morgan fingerprint density at radius 3 is 2.81 bits per heavy atom. The molecule has 1 aromatic rings. The molecular weight excluding hydrogens is 299 g/mol. The van der Waals surface area contributed by atoms with Crippen molar-refractivity contribution in [1.82, 2.24) is 9.62 Å². The van der Waals surface area contributed by atoms with Crippen LogP contribution in [0.1, 0.15) is 5.56 Å². The number of rotatable bonds is 4. The number of carbonyl (C=O) groups excluding carboxylic acids is 1. The predicted molar refractivity (Wildman–Crippen MR) is 73.7 cm³/mol. The molecule has 1 fully saturated rings. The van der Waals surface area contributed by atoms with E-state index in [0.717, 1.165) is 6.07 Å². The van der Waals surface area contributed by atoms with Crippen LogP contribution < -0.4 is 4.72 Å².